The van der Waals surface area contributed by atoms with Crippen LogP contribution < -0.4 is 4.74 Å². The summed E-state index contributed by atoms with van der Waals surface area (Å²) in [7, 11) is 1.31. The number of halogens is 1. The number of aliphatic hydroxyl groups excluding tert-OH is 1. The third kappa shape index (κ3) is 5.86. The number of ether oxygens (including phenoxy) is 3. The van der Waals surface area contributed by atoms with Gasteiger partial charge in [0.25, 0.3) is 0 Å². The Kier molecular flexibility index (Phi) is 7.80. The maximum Gasteiger partial charge on any atom is 0.339 e. The Hall–Kier alpha value is -4.80. The molecule has 0 radical (unpaired) electrons. The molecule has 0 fully saturated rings. The molecule has 232 valence electrons. The monoisotopic (exact) mass is 611 g/mol. The number of benzene rings is 3. The summed E-state index contributed by atoms with van der Waals surface area (Å²) in [5.41, 5.74) is 5.17. The molecular weight excluding hydrogens is 577 g/mol. The van der Waals surface area contributed by atoms with Crippen LogP contribution in [0.4, 0.5) is 4.39 Å². The molecule has 0 amide bonds. The van der Waals surface area contributed by atoms with Gasteiger partial charge in [-0.05, 0) is 69.7 Å². The fourth-order valence-electron chi connectivity index (χ4n) is 5.67. The van der Waals surface area contributed by atoms with Crippen LogP contribution in [0.3, 0.4) is 0 Å². The van der Waals surface area contributed by atoms with E-state index in [4.69, 9.17) is 24.3 Å². The van der Waals surface area contributed by atoms with Crippen LogP contribution in [0, 0.1) is 12.7 Å². The van der Waals surface area contributed by atoms with Gasteiger partial charge in [-0.1, -0.05) is 18.2 Å². The van der Waals surface area contributed by atoms with E-state index in [9.17, 15) is 19.4 Å². The van der Waals surface area contributed by atoms with Crippen LogP contribution >= 0.6 is 0 Å². The molecule has 2 unspecified atom stereocenters. The third-order valence-corrected chi connectivity index (χ3v) is 7.70. The van der Waals surface area contributed by atoms with E-state index in [2.05, 4.69) is 0 Å². The molecule has 45 heavy (non-hydrogen) atoms. The van der Waals surface area contributed by atoms with Gasteiger partial charge in [0.15, 0.2) is 11.8 Å². The Morgan fingerprint density at radius 3 is 2.58 bits per heavy atom. The SMILES string of the molecule is COC(=O)C(OC(C)(C)C)c1c(C)nc2cc(-c3cccc(-c4ccc(F)cc4O)c3)nn2c1-c1ccc2c(c1)C(O)CCO2. The third-order valence-electron chi connectivity index (χ3n) is 7.70. The van der Waals surface area contributed by atoms with E-state index in [1.54, 1.807) is 10.6 Å². The van der Waals surface area contributed by atoms with Gasteiger partial charge in [0.1, 0.15) is 17.3 Å². The number of nitrogens with zero attached hydrogens (tertiary/aromatic N) is 3. The first-order valence-electron chi connectivity index (χ1n) is 14.6. The molecule has 0 bridgehead atoms. The largest absolute Gasteiger partial charge is 0.507 e. The van der Waals surface area contributed by atoms with Crippen LogP contribution in [0.5, 0.6) is 11.5 Å². The van der Waals surface area contributed by atoms with E-state index >= 15 is 0 Å². The number of carbonyl (C=O) groups is 1. The topological polar surface area (TPSA) is 115 Å². The lowest BCUT2D eigenvalue weighted by Gasteiger charge is -2.29. The lowest BCUT2D eigenvalue weighted by Crippen LogP contribution is -2.30. The first-order chi connectivity index (χ1) is 21.4. The van der Waals surface area contributed by atoms with Crippen molar-refractivity contribution in [2.24, 2.45) is 0 Å². The van der Waals surface area contributed by atoms with Crippen molar-refractivity contribution in [3.8, 4) is 45.1 Å². The summed E-state index contributed by atoms with van der Waals surface area (Å²) in [6, 6.07) is 18.6. The number of phenols is 1. The molecule has 0 aliphatic carbocycles. The Balaban J connectivity index is 1.59. The number of hydrogen-bond acceptors (Lipinski definition) is 8. The van der Waals surface area contributed by atoms with Gasteiger partial charge in [-0.15, -0.1) is 0 Å². The molecule has 1 aliphatic rings. The first-order valence-corrected chi connectivity index (χ1v) is 14.6. The first kappa shape index (κ1) is 30.2. The molecule has 10 heteroatoms. The molecule has 2 atom stereocenters. The number of aromatic nitrogens is 3. The van der Waals surface area contributed by atoms with Gasteiger partial charge in [0.05, 0.1) is 36.8 Å². The van der Waals surface area contributed by atoms with Crippen molar-refractivity contribution in [3.05, 3.63) is 89.4 Å². The maximum absolute atomic E-state index is 13.7. The van der Waals surface area contributed by atoms with E-state index < -0.39 is 29.6 Å². The van der Waals surface area contributed by atoms with Crippen molar-refractivity contribution >= 4 is 11.6 Å². The number of hydrogen-bond donors (Lipinski definition) is 2. The number of methoxy groups -OCH3 is 1. The molecule has 2 aromatic heterocycles. The second-order valence-electron chi connectivity index (χ2n) is 12.0. The number of phenolic OH excluding ortho intramolecular Hbond substituents is 1. The van der Waals surface area contributed by atoms with Crippen LogP contribution in [-0.2, 0) is 14.3 Å². The minimum atomic E-state index is -1.13. The van der Waals surface area contributed by atoms with Gasteiger partial charge >= 0.3 is 5.97 Å². The van der Waals surface area contributed by atoms with Gasteiger partial charge in [0.2, 0.25) is 0 Å². The molecular formula is C35H34FN3O6. The Bertz CT molecular complexity index is 1930. The number of aryl methyl sites for hydroxylation is 1. The summed E-state index contributed by atoms with van der Waals surface area (Å²) in [5, 5.41) is 26.2. The number of carbonyl (C=O) groups excluding carboxylic acids is 1. The van der Waals surface area contributed by atoms with E-state index in [1.165, 1.54) is 19.2 Å². The predicted octanol–water partition coefficient (Wildman–Crippen LogP) is 6.73. The van der Waals surface area contributed by atoms with Crippen molar-refractivity contribution in [1.82, 2.24) is 14.6 Å². The molecule has 0 saturated carbocycles. The van der Waals surface area contributed by atoms with Crippen molar-refractivity contribution in [3.63, 3.8) is 0 Å². The highest BCUT2D eigenvalue weighted by Gasteiger charge is 2.34. The molecule has 3 aromatic carbocycles. The Morgan fingerprint density at radius 1 is 1.07 bits per heavy atom. The van der Waals surface area contributed by atoms with Gasteiger partial charge in [0, 0.05) is 52.1 Å². The highest BCUT2D eigenvalue weighted by Crippen LogP contribution is 2.41. The number of rotatable bonds is 6. The fraction of sp³-hybridized carbons (Fsp3) is 0.286. The van der Waals surface area contributed by atoms with E-state index in [1.807, 2.05) is 70.2 Å². The van der Waals surface area contributed by atoms with Crippen LogP contribution in [-0.4, -0.2) is 50.1 Å². The second-order valence-corrected chi connectivity index (χ2v) is 12.0. The quantitative estimate of drug-likeness (QED) is 0.203. The smallest absolute Gasteiger partial charge is 0.339 e. The zero-order valence-corrected chi connectivity index (χ0v) is 25.7. The molecule has 5 aromatic rings. The van der Waals surface area contributed by atoms with Crippen LogP contribution in [0.15, 0.2) is 66.7 Å². The van der Waals surface area contributed by atoms with Gasteiger partial charge < -0.3 is 24.4 Å². The Labute approximate surface area is 259 Å². The van der Waals surface area contributed by atoms with Crippen LogP contribution in [0.25, 0.3) is 39.3 Å². The summed E-state index contributed by atoms with van der Waals surface area (Å²) in [4.78, 5) is 18.1. The second kappa shape index (κ2) is 11.6. The molecule has 3 heterocycles. The van der Waals surface area contributed by atoms with Crippen LogP contribution in [0.2, 0.25) is 0 Å². The summed E-state index contributed by atoms with van der Waals surface area (Å²) < 4.78 is 32.6. The molecule has 6 rings (SSSR count). The molecule has 0 saturated heterocycles. The molecule has 9 nitrogen and oxygen atoms in total. The normalized spacial score (nSPS) is 15.4. The van der Waals surface area contributed by atoms with Gasteiger partial charge in [-0.2, -0.15) is 5.10 Å². The van der Waals surface area contributed by atoms with E-state index in [-0.39, 0.29) is 5.75 Å². The average Bonchev–Trinajstić information content (AvgIpc) is 3.42. The van der Waals surface area contributed by atoms with Gasteiger partial charge in [-0.25, -0.2) is 18.7 Å². The number of fused-ring (bicyclic) bond motifs is 2. The van der Waals surface area contributed by atoms with Crippen LogP contribution in [0.1, 0.15) is 56.2 Å². The predicted molar refractivity (Wildman–Crippen MR) is 166 cm³/mol. The van der Waals surface area contributed by atoms with E-state index in [0.29, 0.717) is 69.3 Å². The fourth-order valence-corrected chi connectivity index (χ4v) is 5.67. The van der Waals surface area contributed by atoms with E-state index in [0.717, 1.165) is 11.6 Å². The molecule has 1 aliphatic heterocycles. The minimum Gasteiger partial charge on any atom is -0.507 e. The highest BCUT2D eigenvalue weighted by molar-refractivity contribution is 5.83. The summed E-state index contributed by atoms with van der Waals surface area (Å²) in [5.74, 6) is -0.688. The summed E-state index contributed by atoms with van der Waals surface area (Å²) in [6.45, 7) is 7.79. The van der Waals surface area contributed by atoms with Crippen molar-refractivity contribution < 1.29 is 33.6 Å². The Morgan fingerprint density at radius 2 is 1.84 bits per heavy atom. The standard InChI is InChI=1S/C35H34FN3O6/c1-19-31(33(34(42)43-5)45-35(2,3)4)32(22-9-12-29-25(16-22)27(40)13-14-44-29)39-30(37-19)18-26(38-39)21-8-6-7-20(15-21)24-11-10-23(36)17-28(24)41/h6-12,15-18,27,33,40-41H,13-14H2,1-5H3. The lowest BCUT2D eigenvalue weighted by molar-refractivity contribution is -0.164. The summed E-state index contributed by atoms with van der Waals surface area (Å²) in [6.07, 6.45) is -1.38. The number of aliphatic hydroxyl groups is 1. The van der Waals surface area contributed by atoms with Crippen molar-refractivity contribution in [1.29, 1.82) is 0 Å². The number of esters is 1. The molecule has 2 N–H and O–H groups in total. The van der Waals surface area contributed by atoms with Crippen molar-refractivity contribution in [2.75, 3.05) is 13.7 Å². The lowest BCUT2D eigenvalue weighted by atomic mass is 9.95. The minimum absolute atomic E-state index is 0.169. The average molecular weight is 612 g/mol. The zero-order chi connectivity index (χ0) is 32.0. The zero-order valence-electron chi connectivity index (χ0n) is 25.7. The highest BCUT2D eigenvalue weighted by atomic mass is 19.1. The van der Waals surface area contributed by atoms with Crippen molar-refractivity contribution in [2.45, 2.75) is 51.9 Å². The maximum atomic E-state index is 13.7. The van der Waals surface area contributed by atoms with Gasteiger partial charge in [-0.3, -0.25) is 0 Å². The molecule has 0 spiro atoms. The summed E-state index contributed by atoms with van der Waals surface area (Å²) >= 11 is 0. The number of aromatic hydroxyl groups is 1.